The van der Waals surface area contributed by atoms with Crippen LogP contribution in [0, 0.1) is 0 Å². The van der Waals surface area contributed by atoms with Gasteiger partial charge in [0.05, 0.1) is 0 Å². The summed E-state index contributed by atoms with van der Waals surface area (Å²) in [5.41, 5.74) is 11.9. The summed E-state index contributed by atoms with van der Waals surface area (Å²) in [4.78, 5) is 15.6. The van der Waals surface area contributed by atoms with Crippen LogP contribution in [0.15, 0.2) is 200 Å². The first-order chi connectivity index (χ1) is 25.7. The lowest BCUT2D eigenvalue weighted by Crippen LogP contribution is -2.01. The van der Waals surface area contributed by atoms with Crippen molar-refractivity contribution in [2.75, 3.05) is 0 Å². The van der Waals surface area contributed by atoms with Crippen LogP contribution in [0.4, 0.5) is 0 Å². The van der Waals surface area contributed by atoms with Crippen molar-refractivity contribution in [1.29, 1.82) is 0 Å². The lowest BCUT2D eigenvalue weighted by atomic mass is 9.94. The fourth-order valence-electron chi connectivity index (χ4n) is 6.80. The van der Waals surface area contributed by atoms with E-state index in [0.717, 1.165) is 55.3 Å². The lowest BCUT2D eigenvalue weighted by molar-refractivity contribution is 1.07. The molecule has 3 nitrogen and oxygen atoms in total. The number of nitrogens with zero attached hydrogens (tertiary/aromatic N) is 3. The highest BCUT2D eigenvalue weighted by Gasteiger charge is 2.17. The highest BCUT2D eigenvalue weighted by atomic mass is 15.0. The third kappa shape index (κ3) is 6.28. The summed E-state index contributed by atoms with van der Waals surface area (Å²) in [6.45, 7) is 0. The Morgan fingerprint density at radius 3 is 1.15 bits per heavy atom. The van der Waals surface area contributed by atoms with Crippen LogP contribution in [0.2, 0.25) is 0 Å². The van der Waals surface area contributed by atoms with Crippen LogP contribution in [0.1, 0.15) is 0 Å². The Morgan fingerprint density at radius 1 is 0.212 bits per heavy atom. The minimum absolute atomic E-state index is 0.628. The van der Waals surface area contributed by atoms with Gasteiger partial charge in [0.2, 0.25) is 0 Å². The summed E-state index contributed by atoms with van der Waals surface area (Å²) in [5.74, 6) is 1.89. The highest BCUT2D eigenvalue weighted by Crippen LogP contribution is 2.37. The van der Waals surface area contributed by atoms with Crippen LogP contribution in [0.3, 0.4) is 0 Å². The maximum atomic E-state index is 5.24. The number of hydrogen-bond acceptors (Lipinski definition) is 3. The molecule has 9 rings (SSSR count). The molecule has 0 bridgehead atoms. The molecule has 0 unspecified atom stereocenters. The van der Waals surface area contributed by atoms with Crippen molar-refractivity contribution in [1.82, 2.24) is 15.0 Å². The van der Waals surface area contributed by atoms with Gasteiger partial charge in [0.25, 0.3) is 0 Å². The largest absolute Gasteiger partial charge is 0.208 e. The molecule has 9 aromatic rings. The van der Waals surface area contributed by atoms with Gasteiger partial charge in [0.15, 0.2) is 17.5 Å². The highest BCUT2D eigenvalue weighted by molar-refractivity contribution is 5.91. The van der Waals surface area contributed by atoms with Gasteiger partial charge in [-0.05, 0) is 73.5 Å². The third-order valence-electron chi connectivity index (χ3n) is 9.54. The predicted octanol–water partition coefficient (Wildman–Crippen LogP) is 12.7. The third-order valence-corrected chi connectivity index (χ3v) is 9.54. The molecule has 0 aliphatic rings. The van der Waals surface area contributed by atoms with Crippen molar-refractivity contribution in [3.05, 3.63) is 200 Å². The van der Waals surface area contributed by atoms with E-state index in [0.29, 0.717) is 17.5 Å². The van der Waals surface area contributed by atoms with Crippen molar-refractivity contribution >= 4 is 10.8 Å². The average Bonchev–Trinajstić information content (AvgIpc) is 3.24. The maximum Gasteiger partial charge on any atom is 0.164 e. The first kappa shape index (κ1) is 31.0. The minimum atomic E-state index is 0.628. The minimum Gasteiger partial charge on any atom is -0.208 e. The molecule has 0 radical (unpaired) electrons. The standard InChI is InChI=1S/C49H33N3/c1-5-13-34(14-6-1)37-21-23-39(24-22-37)47-50-48(44-28-27-41-31-40(25-26-42(41)32-44)35-15-7-2-8-16-35)52-49(51-47)46-33-43(36-17-9-3-10-18-36)29-30-45(46)38-19-11-4-12-20-38/h1-33H. The Kier molecular flexibility index (Phi) is 8.20. The number of benzene rings is 8. The zero-order valence-corrected chi connectivity index (χ0v) is 28.4. The van der Waals surface area contributed by atoms with E-state index in [1.165, 1.54) is 16.7 Å². The van der Waals surface area contributed by atoms with E-state index >= 15 is 0 Å². The fourth-order valence-corrected chi connectivity index (χ4v) is 6.80. The molecule has 8 aromatic carbocycles. The van der Waals surface area contributed by atoms with Crippen LogP contribution in [0.25, 0.3) is 89.4 Å². The number of rotatable bonds is 7. The van der Waals surface area contributed by atoms with Crippen LogP contribution >= 0.6 is 0 Å². The Hall–Kier alpha value is -6.97. The van der Waals surface area contributed by atoms with Gasteiger partial charge in [-0.15, -0.1) is 0 Å². The molecular weight excluding hydrogens is 631 g/mol. The van der Waals surface area contributed by atoms with E-state index < -0.39 is 0 Å². The Morgan fingerprint density at radius 2 is 0.577 bits per heavy atom. The Labute approximate surface area is 303 Å². The molecule has 0 amide bonds. The van der Waals surface area contributed by atoms with Crippen LogP contribution in [-0.2, 0) is 0 Å². The van der Waals surface area contributed by atoms with Gasteiger partial charge < -0.3 is 0 Å². The van der Waals surface area contributed by atoms with Crippen LogP contribution < -0.4 is 0 Å². The summed E-state index contributed by atoms with van der Waals surface area (Å²) in [7, 11) is 0. The Bertz CT molecular complexity index is 2640. The van der Waals surface area contributed by atoms with E-state index in [4.69, 9.17) is 15.0 Å². The molecule has 3 heteroatoms. The number of fused-ring (bicyclic) bond motifs is 1. The molecular formula is C49H33N3. The smallest absolute Gasteiger partial charge is 0.164 e. The summed E-state index contributed by atoms with van der Waals surface area (Å²) in [6, 6.07) is 70.0. The molecule has 0 spiro atoms. The molecule has 0 aliphatic heterocycles. The normalized spacial score (nSPS) is 11.1. The molecule has 1 aromatic heterocycles. The molecule has 1 heterocycles. The van der Waals surface area contributed by atoms with Gasteiger partial charge >= 0.3 is 0 Å². The zero-order chi connectivity index (χ0) is 34.7. The van der Waals surface area contributed by atoms with E-state index in [9.17, 15) is 0 Å². The molecule has 0 aliphatic carbocycles. The predicted molar refractivity (Wildman–Crippen MR) is 215 cm³/mol. The zero-order valence-electron chi connectivity index (χ0n) is 28.4. The molecule has 0 saturated carbocycles. The van der Waals surface area contributed by atoms with Gasteiger partial charge in [0, 0.05) is 16.7 Å². The quantitative estimate of drug-likeness (QED) is 0.170. The van der Waals surface area contributed by atoms with Crippen molar-refractivity contribution < 1.29 is 0 Å². The summed E-state index contributed by atoms with van der Waals surface area (Å²) < 4.78 is 0. The fraction of sp³-hybridized carbons (Fsp3) is 0. The molecule has 0 atom stereocenters. The van der Waals surface area contributed by atoms with Crippen molar-refractivity contribution in [2.45, 2.75) is 0 Å². The molecule has 244 valence electrons. The first-order valence-electron chi connectivity index (χ1n) is 17.5. The van der Waals surface area contributed by atoms with Crippen LogP contribution in [-0.4, -0.2) is 15.0 Å². The second-order valence-corrected chi connectivity index (χ2v) is 12.9. The average molecular weight is 664 g/mol. The topological polar surface area (TPSA) is 38.7 Å². The number of aromatic nitrogens is 3. The first-order valence-corrected chi connectivity index (χ1v) is 17.5. The lowest BCUT2D eigenvalue weighted by Gasteiger charge is -2.14. The van der Waals surface area contributed by atoms with Gasteiger partial charge in [-0.1, -0.05) is 182 Å². The molecule has 0 N–H and O–H groups in total. The van der Waals surface area contributed by atoms with Crippen molar-refractivity contribution in [3.8, 4) is 78.7 Å². The second-order valence-electron chi connectivity index (χ2n) is 12.9. The van der Waals surface area contributed by atoms with E-state index in [1.54, 1.807) is 0 Å². The van der Waals surface area contributed by atoms with Gasteiger partial charge in [-0.2, -0.15) is 0 Å². The Balaban J connectivity index is 1.22. The van der Waals surface area contributed by atoms with Crippen molar-refractivity contribution in [2.24, 2.45) is 0 Å². The van der Waals surface area contributed by atoms with E-state index in [-0.39, 0.29) is 0 Å². The molecule has 0 saturated heterocycles. The SMILES string of the molecule is c1ccc(-c2ccc(-c3nc(-c4ccc5cc(-c6ccccc6)ccc5c4)nc(-c4cc(-c5ccccc5)ccc4-c4ccccc4)n3)cc2)cc1. The van der Waals surface area contributed by atoms with Crippen molar-refractivity contribution in [3.63, 3.8) is 0 Å². The molecule has 0 fully saturated rings. The van der Waals surface area contributed by atoms with Gasteiger partial charge in [-0.25, -0.2) is 15.0 Å². The van der Waals surface area contributed by atoms with Gasteiger partial charge in [-0.3, -0.25) is 0 Å². The summed E-state index contributed by atoms with van der Waals surface area (Å²) in [5, 5.41) is 2.29. The monoisotopic (exact) mass is 663 g/mol. The van der Waals surface area contributed by atoms with Crippen LogP contribution in [0.5, 0.6) is 0 Å². The summed E-state index contributed by atoms with van der Waals surface area (Å²) in [6.07, 6.45) is 0. The van der Waals surface area contributed by atoms with Gasteiger partial charge in [0.1, 0.15) is 0 Å². The summed E-state index contributed by atoms with van der Waals surface area (Å²) >= 11 is 0. The molecule has 52 heavy (non-hydrogen) atoms. The van der Waals surface area contributed by atoms with E-state index in [1.807, 2.05) is 24.3 Å². The second kappa shape index (κ2) is 13.7. The number of hydrogen-bond donors (Lipinski definition) is 0. The maximum absolute atomic E-state index is 5.24. The van der Waals surface area contributed by atoms with E-state index in [2.05, 4.69) is 176 Å².